The molecule has 1 aliphatic carbocycles. The summed E-state index contributed by atoms with van der Waals surface area (Å²) in [6.07, 6.45) is 9.76. The van der Waals surface area contributed by atoms with Gasteiger partial charge >= 0.3 is 17.8 Å². The first-order chi connectivity index (χ1) is 48.4. The Labute approximate surface area is 588 Å². The molecule has 5 bridgehead atoms. The first-order valence-corrected chi connectivity index (χ1v) is 34.3. The summed E-state index contributed by atoms with van der Waals surface area (Å²) in [7, 11) is 1.42. The Kier molecular flexibility index (Phi) is 22.3. The van der Waals surface area contributed by atoms with E-state index in [1.807, 2.05) is 24.8 Å². The summed E-state index contributed by atoms with van der Waals surface area (Å²) in [4.78, 5) is 159. The summed E-state index contributed by atoms with van der Waals surface area (Å²) in [5.74, 6) is -10.7. The van der Waals surface area contributed by atoms with Crippen LogP contribution in [0, 0.1) is 23.7 Å². The third-order valence-electron chi connectivity index (χ3n) is 19.7. The van der Waals surface area contributed by atoms with Crippen molar-refractivity contribution in [3.8, 4) is 28.7 Å². The lowest BCUT2D eigenvalue weighted by atomic mass is 9.66. The second-order valence-corrected chi connectivity index (χ2v) is 27.8. The minimum absolute atomic E-state index is 0.00850. The van der Waals surface area contributed by atoms with Crippen molar-refractivity contribution in [1.29, 1.82) is 0 Å². The number of allylic oxidation sites excluding steroid dienone is 3. The van der Waals surface area contributed by atoms with Gasteiger partial charge in [-0.3, -0.25) is 52.8 Å². The van der Waals surface area contributed by atoms with Crippen LogP contribution >= 0.6 is 0 Å². The number of aromatic hydroxyl groups is 2. The highest BCUT2D eigenvalue weighted by Gasteiger charge is 2.58. The van der Waals surface area contributed by atoms with Crippen LogP contribution in [-0.2, 0) is 64.4 Å². The van der Waals surface area contributed by atoms with Gasteiger partial charge < -0.3 is 76.1 Å². The van der Waals surface area contributed by atoms with Crippen LogP contribution in [0.15, 0.2) is 100.0 Å². The zero-order valence-corrected chi connectivity index (χ0v) is 58.7. The van der Waals surface area contributed by atoms with E-state index in [9.17, 15) is 53.4 Å². The van der Waals surface area contributed by atoms with Crippen LogP contribution in [0.5, 0.6) is 17.2 Å². The van der Waals surface area contributed by atoms with E-state index in [1.165, 1.54) is 39.4 Å². The highest BCUT2D eigenvalue weighted by atomic mass is 16.7. The molecule has 28 heteroatoms. The van der Waals surface area contributed by atoms with Crippen molar-refractivity contribution in [3.05, 3.63) is 118 Å². The maximum atomic E-state index is 15.8. The number of piperidine rings is 1. The van der Waals surface area contributed by atoms with Crippen molar-refractivity contribution in [1.82, 2.24) is 36.5 Å². The van der Waals surface area contributed by atoms with Crippen molar-refractivity contribution in [3.63, 3.8) is 0 Å². The monoisotopic (exact) mass is 1400 g/mol. The summed E-state index contributed by atoms with van der Waals surface area (Å²) in [5.41, 5.74) is 2.65. The van der Waals surface area contributed by atoms with E-state index in [0.717, 1.165) is 17.1 Å². The molecule has 3 aromatic rings. The molecule has 6 aliphatic heterocycles. The summed E-state index contributed by atoms with van der Waals surface area (Å²) in [6.45, 7) is 15.6. The van der Waals surface area contributed by atoms with Gasteiger partial charge in [-0.25, -0.2) is 9.78 Å². The van der Waals surface area contributed by atoms with Crippen LogP contribution in [0.1, 0.15) is 129 Å². The van der Waals surface area contributed by atoms with Gasteiger partial charge in [0.05, 0.1) is 34.3 Å². The number of carbonyl (C=O) groups is 10. The zero-order valence-electron chi connectivity index (χ0n) is 58.7. The van der Waals surface area contributed by atoms with Crippen LogP contribution in [0.3, 0.4) is 0 Å². The standard InChI is InChI=1S/C74H88N10O18/c1-37(2)58(80-51(87)25-30-84-52(88)21-22-53(84)89)71(96)78-46(20-15-27-76-72(75)97)69(94)79-47(34-43-18-12-11-13-19-43)70(95)77-44-23-28-83(29-24-44)45-35-48(86)59-49(36-45)101-65-60(81-59)54-55-62(90)57-64-56(54)66(92)74(9,102-64)99-31-26-50(98-10)73(57,8)67(100-42(7)85)41(6)33-39(4)32-38(3)16-14-17-40(5)68(93)82-61(65)63(55)91/h11-14,16-19,21-22,26,31,35-39,41,44,46-47,50,58,67,86,90H,15,20,23-25,27-30,32-34H2,1-10H3,(H,77,95)(H,78,96)(H,79,94)(H,80,87)(H,82,93)(H3,75,76,97)/b16-14+,31-26+,40-17-/t38-,39+,41+,46-,47-,50-,58-,67-,73+,74-/m0/s1. The first kappa shape index (κ1) is 74.1. The molecule has 0 spiro atoms. The van der Waals surface area contributed by atoms with Crippen LogP contribution in [0.2, 0.25) is 0 Å². The van der Waals surface area contributed by atoms with Crippen molar-refractivity contribution in [2.75, 3.05) is 43.5 Å². The number of fused-ring (bicyclic) bond motifs is 7. The number of Topliss-reactive ketones (excluding diaryl/α,β-unsaturated/α-hetero) is 1. The van der Waals surface area contributed by atoms with Crippen LogP contribution in [-0.4, -0.2) is 155 Å². The molecule has 7 aliphatic rings. The molecule has 0 unspecified atom stereocenters. The second kappa shape index (κ2) is 30.7. The second-order valence-electron chi connectivity index (χ2n) is 27.8. The van der Waals surface area contributed by atoms with Crippen molar-refractivity contribution in [2.45, 2.75) is 161 Å². The number of carbonyl (C=O) groups excluding carboxylic acids is 10. The van der Waals surface area contributed by atoms with Gasteiger partial charge in [-0.15, -0.1) is 0 Å². The number of amides is 9. The van der Waals surface area contributed by atoms with Crippen molar-refractivity contribution < 1.29 is 81.5 Å². The fraction of sp³-hybridized carbons (Fsp3) is 0.459. The van der Waals surface area contributed by atoms with E-state index >= 15 is 9.59 Å². The number of ether oxygens (including phenoxy) is 4. The normalized spacial score (nSPS) is 24.3. The number of nitrogens with two attached hydrogens (primary N) is 1. The molecule has 9 amide bonds. The molecule has 542 valence electrons. The fourth-order valence-electron chi connectivity index (χ4n) is 14.6. The Morgan fingerprint density at radius 1 is 0.882 bits per heavy atom. The molecule has 3 aromatic carbocycles. The first-order valence-electron chi connectivity index (χ1n) is 34.3. The molecule has 0 aromatic heterocycles. The molecule has 0 saturated carbocycles. The van der Waals surface area contributed by atoms with E-state index in [2.05, 4.69) is 38.8 Å². The molecular weight excluding hydrogens is 1320 g/mol. The number of rotatable bonds is 20. The maximum absolute atomic E-state index is 15.8. The number of methoxy groups -OCH3 is 1. The average molecular weight is 1410 g/mol. The van der Waals surface area contributed by atoms with Gasteiger partial charge in [-0.1, -0.05) is 83.2 Å². The fourth-order valence-corrected chi connectivity index (χ4v) is 14.6. The van der Waals surface area contributed by atoms with E-state index < -0.39 is 147 Å². The number of aromatic nitrogens is 1. The zero-order chi connectivity index (χ0) is 73.8. The van der Waals surface area contributed by atoms with Gasteiger partial charge in [0.1, 0.15) is 58.4 Å². The Balaban J connectivity index is 0.966. The number of phenolic OH excluding ortho intramolecular Hbond substituents is 2. The van der Waals surface area contributed by atoms with E-state index in [-0.39, 0.29) is 101 Å². The lowest BCUT2D eigenvalue weighted by molar-refractivity contribution is -0.158. The SMILES string of the molecule is CO[C@H]1/C=C/O[C@@]2(C)Oc3c4c(O)c5c(=O)c(c6oc7cc(N8CCC(NC(=O)[C@H](Cc9ccccc9)NC(=O)[C@H](CCCNC(N)=O)NC(=O)[C@@H](NC(=O)CCN9C(=O)C=CC9=O)C(C)C)CC8)cc(O)c7nc-6c5c3C2=O)NC(=O)/C(C)=C\C=C\[C@H](C)C[C@@H](C)C[C@@H](C)[C@H](OC(C)=O)[C@@]41C. The quantitative estimate of drug-likeness (QED) is 0.0137. The molecule has 10 N–H and O–H groups in total. The van der Waals surface area contributed by atoms with Gasteiger partial charge in [0.15, 0.2) is 11.3 Å². The lowest BCUT2D eigenvalue weighted by Crippen LogP contribution is -2.59. The average Bonchev–Trinajstić information content (AvgIpc) is 1.43. The number of esters is 1. The van der Waals surface area contributed by atoms with E-state index in [4.69, 9.17) is 34.1 Å². The minimum Gasteiger partial charge on any atom is -0.507 e. The largest absolute Gasteiger partial charge is 0.507 e. The highest BCUT2D eigenvalue weighted by molar-refractivity contribution is 6.23. The molecule has 28 nitrogen and oxygen atoms in total. The Bertz CT molecular complexity index is 4310. The number of imide groups is 1. The van der Waals surface area contributed by atoms with Crippen LogP contribution in [0.4, 0.5) is 16.2 Å². The molecule has 6 heterocycles. The Morgan fingerprint density at radius 2 is 1.58 bits per heavy atom. The summed E-state index contributed by atoms with van der Waals surface area (Å²) >= 11 is 0. The van der Waals surface area contributed by atoms with Gasteiger partial charge in [0.2, 0.25) is 29.1 Å². The molecule has 1 fully saturated rings. The molecule has 10 rings (SSSR count). The number of anilines is 2. The smallest absolute Gasteiger partial charge is 0.312 e. The lowest BCUT2D eigenvalue weighted by Gasteiger charge is -2.45. The van der Waals surface area contributed by atoms with Crippen LogP contribution < -0.4 is 52.7 Å². The number of hydrogen-bond acceptors (Lipinski definition) is 20. The third-order valence-corrected chi connectivity index (χ3v) is 19.7. The van der Waals surface area contributed by atoms with Crippen molar-refractivity contribution in [2.24, 2.45) is 29.4 Å². The van der Waals surface area contributed by atoms with Gasteiger partial charge in [0.25, 0.3) is 23.5 Å². The number of ketones is 1. The van der Waals surface area contributed by atoms with Gasteiger partial charge in [-0.2, -0.15) is 0 Å². The summed E-state index contributed by atoms with van der Waals surface area (Å²) < 4.78 is 31.9. The predicted octanol–water partition coefficient (Wildman–Crippen LogP) is 6.24. The molecule has 10 atom stereocenters. The number of hydrogen-bond donors (Lipinski definition) is 9. The summed E-state index contributed by atoms with van der Waals surface area (Å²) in [5, 5.41) is 41.1. The minimum atomic E-state index is -2.12. The summed E-state index contributed by atoms with van der Waals surface area (Å²) in [6, 6.07) is 7.03. The number of phenols is 2. The van der Waals surface area contributed by atoms with Gasteiger partial charge in [0, 0.05) is 107 Å². The Hall–Kier alpha value is -10.6. The van der Waals surface area contributed by atoms with Crippen LogP contribution in [0.25, 0.3) is 33.3 Å². The highest BCUT2D eigenvalue weighted by Crippen LogP contribution is 2.58. The van der Waals surface area contributed by atoms with E-state index in [1.54, 1.807) is 76.2 Å². The van der Waals surface area contributed by atoms with Gasteiger partial charge in [-0.05, 0) is 87.7 Å². The molecular formula is C74H88N10O18. The molecule has 0 radical (unpaired) electrons. The Morgan fingerprint density at radius 3 is 2.25 bits per heavy atom. The number of nitrogens with zero attached hydrogens (tertiary/aromatic N) is 3. The number of nitrogens with one attached hydrogen (secondary N) is 6. The third kappa shape index (κ3) is 15.5. The topological polar surface area (TPSA) is 396 Å². The van der Waals surface area contributed by atoms with E-state index in [0.29, 0.717) is 50.0 Å². The number of benzene rings is 4. The molecule has 1 saturated heterocycles. The predicted molar refractivity (Wildman–Crippen MR) is 375 cm³/mol. The molecule has 102 heavy (non-hydrogen) atoms. The van der Waals surface area contributed by atoms with Crippen molar-refractivity contribution >= 4 is 92.4 Å². The number of urea groups is 1. The maximum Gasteiger partial charge on any atom is 0.312 e. The number of primary amides is 1.